The number of hydrogen-bond donors (Lipinski definition) is 3. The predicted octanol–water partition coefficient (Wildman–Crippen LogP) is 9.31. The van der Waals surface area contributed by atoms with E-state index in [-0.39, 0.29) is 22.6 Å². The van der Waals surface area contributed by atoms with Crippen LogP contribution in [0, 0.1) is 0 Å². The molecule has 234 valence electrons. The normalized spacial score (nSPS) is 13.3. The lowest BCUT2D eigenvalue weighted by atomic mass is 10.0. The van der Waals surface area contributed by atoms with Gasteiger partial charge < -0.3 is 15.7 Å². The number of aliphatic hydroxyl groups is 1. The number of carbonyl (C=O) groups excluding carboxylic acids is 2. The number of halogens is 3. The van der Waals surface area contributed by atoms with Crippen LogP contribution in [0.5, 0.6) is 0 Å². The summed E-state index contributed by atoms with van der Waals surface area (Å²) in [4.78, 5) is 24.5. The maximum atomic E-state index is 12.4. The third kappa shape index (κ3) is 20.5. The summed E-state index contributed by atoms with van der Waals surface area (Å²) in [5.74, 6) is -0.639. The van der Waals surface area contributed by atoms with Crippen LogP contribution in [-0.4, -0.2) is 34.6 Å². The number of unbranched alkanes of at least 4 members (excludes halogenated alkanes) is 14. The Bertz CT molecular complexity index is 863. The number of hydrogen-bond acceptors (Lipinski definition) is 4. The first-order chi connectivity index (χ1) is 19.6. The van der Waals surface area contributed by atoms with E-state index in [1.54, 1.807) is 0 Å². The summed E-state index contributed by atoms with van der Waals surface area (Å²) in [6, 6.07) is 4.79. The van der Waals surface area contributed by atoms with E-state index in [0.29, 0.717) is 18.5 Å². The summed E-state index contributed by atoms with van der Waals surface area (Å²) in [7, 11) is 0. The summed E-state index contributed by atoms with van der Waals surface area (Å²) in [5, 5.41) is 15.8. The first kappa shape index (κ1) is 37.0. The molecule has 0 bridgehead atoms. The van der Waals surface area contributed by atoms with Crippen LogP contribution in [0.4, 0.5) is 18.9 Å². The third-order valence-electron chi connectivity index (χ3n) is 7.01. The molecule has 0 saturated heterocycles. The average Bonchev–Trinajstić information content (AvgIpc) is 2.92. The number of carbonyl (C=O) groups is 2. The Kier molecular flexibility index (Phi) is 20.4. The summed E-state index contributed by atoms with van der Waals surface area (Å²) in [6.45, 7) is 4.10. The van der Waals surface area contributed by atoms with Gasteiger partial charge in [0.2, 0.25) is 11.8 Å². The van der Waals surface area contributed by atoms with Crippen LogP contribution in [0.2, 0.25) is 0 Å². The van der Waals surface area contributed by atoms with Gasteiger partial charge in [0.15, 0.2) is 0 Å². The Balaban J connectivity index is 2.15. The summed E-state index contributed by atoms with van der Waals surface area (Å²) in [5.41, 5.74) is -4.04. The first-order valence-electron chi connectivity index (χ1n) is 15.5. The molecule has 0 aromatic heterocycles. The molecule has 1 rings (SSSR count). The summed E-state index contributed by atoms with van der Waals surface area (Å²) in [6.07, 6.45) is 21.3. The van der Waals surface area contributed by atoms with Gasteiger partial charge in [-0.15, -0.1) is 0 Å². The number of nitrogens with one attached hydrogen (secondary N) is 2. The zero-order valence-corrected chi connectivity index (χ0v) is 25.8. The number of amides is 2. The zero-order chi connectivity index (χ0) is 30.3. The standard InChI is InChI=1S/C32H51F3N2O3S/c1-3-5-6-7-8-9-10-11-12-13-14-15-16-17-18-19-30(39)37-28(4-2)29(38)24-25-31(40)36-26-20-22-27(23-21-26)41-32(33,34)35/h20-25,28-29,38H,3-19H2,1-2H3,(H,36,40)(H,37,39)/t28-,29+/m0/s1. The van der Waals surface area contributed by atoms with Crippen molar-refractivity contribution < 1.29 is 27.9 Å². The Hall–Kier alpha value is -2.00. The second kappa shape index (κ2) is 22.6. The Morgan fingerprint density at radius 1 is 0.829 bits per heavy atom. The van der Waals surface area contributed by atoms with Crippen molar-refractivity contribution in [2.45, 2.75) is 146 Å². The van der Waals surface area contributed by atoms with Gasteiger partial charge in [-0.1, -0.05) is 104 Å². The molecule has 1 aromatic carbocycles. The highest BCUT2D eigenvalue weighted by Crippen LogP contribution is 2.37. The van der Waals surface area contributed by atoms with Gasteiger partial charge in [-0.05, 0) is 54.9 Å². The third-order valence-corrected chi connectivity index (χ3v) is 7.75. The molecule has 41 heavy (non-hydrogen) atoms. The van der Waals surface area contributed by atoms with Crippen molar-refractivity contribution in [3.8, 4) is 0 Å². The van der Waals surface area contributed by atoms with E-state index in [0.717, 1.165) is 25.3 Å². The molecule has 0 aliphatic carbocycles. The van der Waals surface area contributed by atoms with Crippen LogP contribution in [0.25, 0.3) is 0 Å². The van der Waals surface area contributed by atoms with Crippen LogP contribution < -0.4 is 10.6 Å². The average molecular weight is 601 g/mol. The summed E-state index contributed by atoms with van der Waals surface area (Å²) >= 11 is -0.227. The number of alkyl halides is 3. The Labute approximate surface area is 249 Å². The van der Waals surface area contributed by atoms with Crippen molar-refractivity contribution in [3.05, 3.63) is 36.4 Å². The van der Waals surface area contributed by atoms with Crippen LogP contribution in [0.15, 0.2) is 41.3 Å². The van der Waals surface area contributed by atoms with Crippen molar-refractivity contribution >= 4 is 29.3 Å². The molecule has 0 saturated carbocycles. The van der Waals surface area contributed by atoms with Gasteiger partial charge in [0.1, 0.15) is 0 Å². The molecule has 0 heterocycles. The van der Waals surface area contributed by atoms with Crippen molar-refractivity contribution in [2.24, 2.45) is 0 Å². The fraction of sp³-hybridized carbons (Fsp3) is 0.688. The van der Waals surface area contributed by atoms with Gasteiger partial charge in [-0.3, -0.25) is 9.59 Å². The van der Waals surface area contributed by atoms with Gasteiger partial charge in [-0.25, -0.2) is 0 Å². The molecule has 0 spiro atoms. The molecular formula is C32H51F3N2O3S. The largest absolute Gasteiger partial charge is 0.446 e. The second-order valence-electron chi connectivity index (χ2n) is 10.7. The van der Waals surface area contributed by atoms with Gasteiger partial charge >= 0.3 is 5.51 Å². The minimum Gasteiger partial charge on any atom is -0.387 e. The fourth-order valence-corrected chi connectivity index (χ4v) is 5.15. The van der Waals surface area contributed by atoms with Crippen molar-refractivity contribution in [2.75, 3.05) is 5.32 Å². The minimum atomic E-state index is -4.37. The van der Waals surface area contributed by atoms with Crippen molar-refractivity contribution in [1.29, 1.82) is 0 Å². The number of benzene rings is 1. The van der Waals surface area contributed by atoms with Crippen LogP contribution in [-0.2, 0) is 9.59 Å². The molecule has 2 atom stereocenters. The quantitative estimate of drug-likeness (QED) is 0.0664. The van der Waals surface area contributed by atoms with E-state index in [9.17, 15) is 27.9 Å². The van der Waals surface area contributed by atoms with Crippen LogP contribution in [0.3, 0.4) is 0 Å². The molecule has 0 fully saturated rings. The molecule has 5 nitrogen and oxygen atoms in total. The van der Waals surface area contributed by atoms with E-state index in [4.69, 9.17) is 0 Å². The highest BCUT2D eigenvalue weighted by Gasteiger charge is 2.29. The number of rotatable bonds is 23. The van der Waals surface area contributed by atoms with Crippen LogP contribution in [0.1, 0.15) is 123 Å². The highest BCUT2D eigenvalue weighted by atomic mass is 32.2. The van der Waals surface area contributed by atoms with Crippen LogP contribution >= 0.6 is 11.8 Å². The van der Waals surface area contributed by atoms with E-state index < -0.39 is 23.6 Å². The van der Waals surface area contributed by atoms with Crippen molar-refractivity contribution in [3.63, 3.8) is 0 Å². The van der Waals surface area contributed by atoms with Gasteiger partial charge in [0.05, 0.1) is 12.1 Å². The number of aliphatic hydroxyl groups excluding tert-OH is 1. The smallest absolute Gasteiger partial charge is 0.387 e. The van der Waals surface area contributed by atoms with E-state index in [1.807, 2.05) is 6.92 Å². The van der Waals surface area contributed by atoms with Gasteiger partial charge in [-0.2, -0.15) is 13.2 Å². The molecule has 0 aliphatic rings. The molecule has 3 N–H and O–H groups in total. The molecule has 0 aliphatic heterocycles. The first-order valence-corrected chi connectivity index (χ1v) is 16.3. The maximum absolute atomic E-state index is 12.4. The molecule has 0 unspecified atom stereocenters. The SMILES string of the molecule is CCCCCCCCCCCCCCCCCC(=O)N[C@@H](CC)[C@H](O)C=CC(=O)Nc1ccc(SC(F)(F)F)cc1. The molecule has 9 heteroatoms. The molecule has 0 radical (unpaired) electrons. The lowest BCUT2D eigenvalue weighted by Gasteiger charge is -2.20. The topological polar surface area (TPSA) is 78.4 Å². The Morgan fingerprint density at radius 2 is 1.32 bits per heavy atom. The lowest BCUT2D eigenvalue weighted by Crippen LogP contribution is -2.42. The van der Waals surface area contributed by atoms with Gasteiger partial charge in [0, 0.05) is 23.1 Å². The van der Waals surface area contributed by atoms with Crippen molar-refractivity contribution in [1.82, 2.24) is 5.32 Å². The monoisotopic (exact) mass is 600 g/mol. The minimum absolute atomic E-state index is 0.0207. The lowest BCUT2D eigenvalue weighted by molar-refractivity contribution is -0.122. The maximum Gasteiger partial charge on any atom is 0.446 e. The fourth-order valence-electron chi connectivity index (χ4n) is 4.61. The molecular weight excluding hydrogens is 549 g/mol. The van der Waals surface area contributed by atoms with Gasteiger partial charge in [0.25, 0.3) is 0 Å². The number of anilines is 1. The highest BCUT2D eigenvalue weighted by molar-refractivity contribution is 8.00. The molecule has 1 aromatic rings. The Morgan fingerprint density at radius 3 is 1.78 bits per heavy atom. The van der Waals surface area contributed by atoms with E-state index >= 15 is 0 Å². The van der Waals surface area contributed by atoms with E-state index in [1.165, 1.54) is 107 Å². The predicted molar refractivity (Wildman–Crippen MR) is 164 cm³/mol. The summed E-state index contributed by atoms with van der Waals surface area (Å²) < 4.78 is 37.3. The number of thioether (sulfide) groups is 1. The molecule has 2 amide bonds. The zero-order valence-electron chi connectivity index (χ0n) is 24.9. The second-order valence-corrected chi connectivity index (χ2v) is 11.8. The van der Waals surface area contributed by atoms with E-state index in [2.05, 4.69) is 17.6 Å².